The molecule has 0 bridgehead atoms. The quantitative estimate of drug-likeness (QED) is 0.204. The Hall–Kier alpha value is -2.09. The molecule has 0 unspecified atom stereocenters. The van der Waals surface area contributed by atoms with Crippen molar-refractivity contribution in [3.63, 3.8) is 0 Å². The van der Waals surface area contributed by atoms with Gasteiger partial charge in [0.2, 0.25) is 0 Å². The molecule has 0 aromatic heterocycles. The zero-order chi connectivity index (χ0) is 33.4. The Balaban J connectivity index is 1.87. The van der Waals surface area contributed by atoms with Crippen molar-refractivity contribution in [2.24, 2.45) is 23.2 Å². The summed E-state index contributed by atoms with van der Waals surface area (Å²) < 4.78 is 9.03. The summed E-state index contributed by atoms with van der Waals surface area (Å²) in [7, 11) is 0. The standard InChI is InChI=1S/C40H56O4Te/c1-23(2)29-19-32(25(5)6)37(33(20-29)26(7)8)45(38-34(41)21-40(10,11)22-35(38)42)30-15-13-28(14-16-30)39(43)44-36-18-27(9)12-17-31(36)24(3)4/h13-16,19-20,23-27,31,36H,12,17-18,21-22H2,1-11H3/t27-,31+,36-/m1/s1. The van der Waals surface area contributed by atoms with Crippen LogP contribution in [0.15, 0.2) is 36.4 Å². The minimum atomic E-state index is -2.95. The molecule has 0 saturated heterocycles. The number of hydrogen-bond donors (Lipinski definition) is 0. The van der Waals surface area contributed by atoms with Gasteiger partial charge in [-0.2, -0.15) is 0 Å². The van der Waals surface area contributed by atoms with Gasteiger partial charge in [-0.1, -0.05) is 0 Å². The van der Waals surface area contributed by atoms with E-state index in [-0.39, 0.29) is 40.9 Å². The molecule has 2 aromatic rings. The predicted molar refractivity (Wildman–Crippen MR) is 189 cm³/mol. The van der Waals surface area contributed by atoms with Crippen molar-refractivity contribution >= 4 is 47.4 Å². The van der Waals surface area contributed by atoms with Crippen LogP contribution in [0.4, 0.5) is 0 Å². The summed E-state index contributed by atoms with van der Waals surface area (Å²) in [6, 6.07) is 12.4. The number of rotatable bonds is 8. The minimum absolute atomic E-state index is 0.0137. The van der Waals surface area contributed by atoms with Crippen LogP contribution in [-0.4, -0.2) is 46.3 Å². The molecule has 246 valence electrons. The van der Waals surface area contributed by atoms with Crippen molar-refractivity contribution in [1.82, 2.24) is 0 Å². The summed E-state index contributed by atoms with van der Waals surface area (Å²) in [6.45, 7) is 24.1. The van der Waals surface area contributed by atoms with Crippen LogP contribution in [0.1, 0.15) is 153 Å². The number of benzene rings is 2. The van der Waals surface area contributed by atoms with E-state index in [1.165, 1.54) is 26.7 Å². The Kier molecular flexibility index (Phi) is 11.4. The molecule has 0 aliphatic heterocycles. The van der Waals surface area contributed by atoms with Crippen molar-refractivity contribution in [2.45, 2.75) is 132 Å². The fourth-order valence-corrected chi connectivity index (χ4v) is 15.0. The van der Waals surface area contributed by atoms with Crippen molar-refractivity contribution in [3.05, 3.63) is 58.7 Å². The van der Waals surface area contributed by atoms with E-state index in [2.05, 4.69) is 74.4 Å². The fourth-order valence-electron chi connectivity index (χ4n) is 7.12. The topological polar surface area (TPSA) is 60.4 Å². The second kappa shape index (κ2) is 14.4. The van der Waals surface area contributed by atoms with Crippen LogP contribution in [0.5, 0.6) is 0 Å². The molecule has 2 aliphatic rings. The summed E-state index contributed by atoms with van der Waals surface area (Å²) in [5, 5.41) is 0. The van der Waals surface area contributed by atoms with Crippen molar-refractivity contribution in [2.75, 3.05) is 0 Å². The Morgan fingerprint density at radius 2 is 1.36 bits per heavy atom. The molecule has 0 amide bonds. The molecule has 0 spiro atoms. The van der Waals surface area contributed by atoms with Gasteiger partial charge in [0, 0.05) is 0 Å². The molecule has 4 nitrogen and oxygen atoms in total. The summed E-state index contributed by atoms with van der Waals surface area (Å²) in [5.74, 6) is 2.00. The second-order valence-electron chi connectivity index (χ2n) is 15.8. The Morgan fingerprint density at radius 3 is 1.82 bits per heavy atom. The first-order chi connectivity index (χ1) is 21.0. The monoisotopic (exact) mass is 730 g/mol. The van der Waals surface area contributed by atoms with Crippen LogP contribution in [-0.2, 0) is 14.3 Å². The number of esters is 1. The van der Waals surface area contributed by atoms with Crippen LogP contribution < -0.4 is 7.22 Å². The van der Waals surface area contributed by atoms with Gasteiger partial charge in [0.15, 0.2) is 0 Å². The van der Waals surface area contributed by atoms with E-state index in [4.69, 9.17) is 4.74 Å². The van der Waals surface area contributed by atoms with Gasteiger partial charge in [0.25, 0.3) is 0 Å². The number of ketones is 2. The molecule has 0 heterocycles. The van der Waals surface area contributed by atoms with Crippen molar-refractivity contribution in [3.8, 4) is 0 Å². The maximum absolute atomic E-state index is 14.0. The van der Waals surface area contributed by atoms with Crippen molar-refractivity contribution in [1.29, 1.82) is 0 Å². The molecule has 2 saturated carbocycles. The van der Waals surface area contributed by atoms with E-state index < -0.39 is 19.1 Å². The summed E-state index contributed by atoms with van der Waals surface area (Å²) >= 11 is -2.95. The molecule has 2 aliphatic carbocycles. The van der Waals surface area contributed by atoms with Crippen LogP contribution in [0.25, 0.3) is 0 Å². The molecule has 2 fully saturated rings. The molecular weight excluding hydrogens is 672 g/mol. The SMILES string of the molecule is CC(C)c1cc(C(C)C)c([Te](=C2C(=O)CC(C)(C)CC2=O)c2ccc(C(=O)O[C@@H]3C[C@H](C)CC[C@H]3C(C)C)cc2)c(C(C)C)c1. The van der Waals surface area contributed by atoms with E-state index in [1.54, 1.807) is 0 Å². The molecule has 45 heavy (non-hydrogen) atoms. The van der Waals surface area contributed by atoms with E-state index in [0.29, 0.717) is 45.6 Å². The van der Waals surface area contributed by atoms with Gasteiger partial charge in [-0.25, -0.2) is 0 Å². The summed E-state index contributed by atoms with van der Waals surface area (Å²) in [4.78, 5) is 41.4. The van der Waals surface area contributed by atoms with Gasteiger partial charge in [-0.05, 0) is 0 Å². The average molecular weight is 728 g/mol. The van der Waals surface area contributed by atoms with Gasteiger partial charge in [0.1, 0.15) is 0 Å². The molecule has 0 radical (unpaired) electrons. The normalized spacial score (nSPS) is 22.3. The van der Waals surface area contributed by atoms with Gasteiger partial charge < -0.3 is 0 Å². The van der Waals surface area contributed by atoms with Crippen LogP contribution in [0.3, 0.4) is 0 Å². The Morgan fingerprint density at radius 1 is 0.822 bits per heavy atom. The zero-order valence-corrected chi connectivity index (χ0v) is 31.9. The third kappa shape index (κ3) is 8.08. The third-order valence-electron chi connectivity index (χ3n) is 9.82. The number of carbonyl (C=O) groups excluding carboxylic acids is 3. The summed E-state index contributed by atoms with van der Waals surface area (Å²) in [5.41, 5.74) is 4.02. The first kappa shape index (κ1) is 35.8. The molecule has 4 rings (SSSR count). The Bertz CT molecular complexity index is 1410. The molecule has 5 heteroatoms. The number of carbonyl (C=O) groups is 3. The third-order valence-corrected chi connectivity index (χ3v) is 16.9. The molecular formula is C40H56O4Te. The maximum atomic E-state index is 14.0. The first-order valence-corrected chi connectivity index (χ1v) is 20.7. The average Bonchev–Trinajstić information content (AvgIpc) is 2.93. The summed E-state index contributed by atoms with van der Waals surface area (Å²) in [6.07, 6.45) is 3.90. The Labute approximate surface area is 279 Å². The predicted octanol–water partition coefficient (Wildman–Crippen LogP) is 8.00. The number of ether oxygens (including phenoxy) is 1. The number of hydrogen-bond acceptors (Lipinski definition) is 4. The van der Waals surface area contributed by atoms with Gasteiger partial charge in [-0.15, -0.1) is 0 Å². The molecule has 2 aromatic carbocycles. The van der Waals surface area contributed by atoms with Crippen LogP contribution in [0.2, 0.25) is 0 Å². The van der Waals surface area contributed by atoms with Gasteiger partial charge >= 0.3 is 280 Å². The van der Waals surface area contributed by atoms with E-state index in [9.17, 15) is 14.4 Å². The fraction of sp³-hybridized carbons (Fsp3) is 0.600. The van der Waals surface area contributed by atoms with E-state index >= 15 is 0 Å². The van der Waals surface area contributed by atoms with Gasteiger partial charge in [0.05, 0.1) is 0 Å². The van der Waals surface area contributed by atoms with Crippen LogP contribution >= 0.6 is 0 Å². The van der Waals surface area contributed by atoms with Crippen molar-refractivity contribution < 1.29 is 19.1 Å². The van der Waals surface area contributed by atoms with Gasteiger partial charge in [-0.3, -0.25) is 0 Å². The zero-order valence-electron chi connectivity index (χ0n) is 29.6. The molecule has 0 N–H and O–H groups in total. The first-order valence-electron chi connectivity index (χ1n) is 17.2. The van der Waals surface area contributed by atoms with E-state index in [1.807, 2.05) is 38.1 Å². The van der Waals surface area contributed by atoms with Crippen LogP contribution in [0, 0.1) is 23.2 Å². The second-order valence-corrected chi connectivity index (χ2v) is 21.2. The molecule has 3 atom stereocenters. The number of Topliss-reactive ketones (excluding diaryl/α,β-unsaturated/α-hetero) is 2. The van der Waals surface area contributed by atoms with E-state index in [0.717, 1.165) is 16.5 Å².